The molecule has 0 fully saturated rings. The first-order valence-corrected chi connectivity index (χ1v) is 16.9. The number of ether oxygens (including phenoxy) is 1. The fourth-order valence-corrected chi connectivity index (χ4v) is 8.29. The lowest BCUT2D eigenvalue weighted by Crippen LogP contribution is -2.34. The molecule has 0 atom stereocenters. The maximum atomic E-state index is 6.73. The third-order valence-corrected chi connectivity index (χ3v) is 10.3. The molecule has 49 heavy (non-hydrogen) atoms. The summed E-state index contributed by atoms with van der Waals surface area (Å²) >= 11 is 0. The minimum absolute atomic E-state index is 0.579. The summed E-state index contributed by atoms with van der Waals surface area (Å²) in [7, 11) is 0. The maximum Gasteiger partial charge on any atom is 0.132 e. The third-order valence-electron chi connectivity index (χ3n) is 10.3. The predicted octanol–water partition coefficient (Wildman–Crippen LogP) is 12.1. The van der Waals surface area contributed by atoms with Gasteiger partial charge in [0.05, 0.1) is 16.4 Å². The number of benzene rings is 8. The Kier molecular flexibility index (Phi) is 6.13. The second-order valence-electron chi connectivity index (χ2n) is 12.8. The van der Waals surface area contributed by atoms with Crippen molar-refractivity contribution in [1.29, 1.82) is 0 Å². The summed E-state index contributed by atoms with van der Waals surface area (Å²) in [6, 6.07) is 67.8. The Labute approximate surface area is 285 Å². The highest BCUT2D eigenvalue weighted by Crippen LogP contribution is 2.56. The van der Waals surface area contributed by atoms with Gasteiger partial charge in [-0.05, 0) is 64.0 Å². The normalized spacial score (nSPS) is 13.2. The van der Waals surface area contributed by atoms with E-state index in [0.717, 1.165) is 33.9 Å². The van der Waals surface area contributed by atoms with E-state index in [1.54, 1.807) is 0 Å². The number of rotatable bonds is 4. The van der Waals surface area contributed by atoms with E-state index in [-0.39, 0.29) is 0 Å². The zero-order valence-electron chi connectivity index (χ0n) is 26.8. The van der Waals surface area contributed by atoms with Crippen LogP contribution in [-0.2, 0) is 5.41 Å². The van der Waals surface area contributed by atoms with Crippen LogP contribution in [0.1, 0.15) is 22.3 Å². The highest BCUT2D eigenvalue weighted by molar-refractivity contribution is 6.22. The van der Waals surface area contributed by atoms with Crippen LogP contribution in [0.5, 0.6) is 11.5 Å². The van der Waals surface area contributed by atoms with Crippen molar-refractivity contribution in [2.75, 3.05) is 0 Å². The van der Waals surface area contributed by atoms with Gasteiger partial charge in [0.15, 0.2) is 0 Å². The molecular formula is C47H31NO. The molecule has 2 heterocycles. The Morgan fingerprint density at radius 2 is 1.10 bits per heavy atom. The molecule has 0 radical (unpaired) electrons. The van der Waals surface area contributed by atoms with Gasteiger partial charge >= 0.3 is 0 Å². The third kappa shape index (κ3) is 4.01. The molecule has 0 amide bonds. The average molecular weight is 626 g/mol. The van der Waals surface area contributed by atoms with Gasteiger partial charge in [0.1, 0.15) is 11.5 Å². The van der Waals surface area contributed by atoms with Crippen LogP contribution in [0.3, 0.4) is 0 Å². The van der Waals surface area contributed by atoms with E-state index in [0.29, 0.717) is 0 Å². The van der Waals surface area contributed by atoms with E-state index >= 15 is 0 Å². The molecule has 1 aliphatic rings. The number of para-hydroxylation sites is 2. The second-order valence-corrected chi connectivity index (χ2v) is 12.8. The molecule has 0 saturated carbocycles. The van der Waals surface area contributed by atoms with E-state index in [2.05, 4.69) is 193 Å². The van der Waals surface area contributed by atoms with Crippen LogP contribution in [0.2, 0.25) is 0 Å². The molecule has 9 aromatic rings. The molecule has 0 unspecified atom stereocenters. The molecule has 2 heteroatoms. The first kappa shape index (κ1) is 27.7. The van der Waals surface area contributed by atoms with E-state index in [9.17, 15) is 0 Å². The van der Waals surface area contributed by atoms with Crippen molar-refractivity contribution >= 4 is 32.6 Å². The second kappa shape index (κ2) is 10.8. The van der Waals surface area contributed by atoms with Crippen molar-refractivity contribution in [3.05, 3.63) is 210 Å². The van der Waals surface area contributed by atoms with Crippen molar-refractivity contribution in [1.82, 2.24) is 4.57 Å². The summed E-state index contributed by atoms with van der Waals surface area (Å²) in [6.07, 6.45) is 0. The summed E-state index contributed by atoms with van der Waals surface area (Å²) in [5.41, 5.74) is 10.0. The van der Waals surface area contributed by atoms with Crippen molar-refractivity contribution in [2.24, 2.45) is 0 Å². The van der Waals surface area contributed by atoms with Crippen LogP contribution in [0.4, 0.5) is 0 Å². The molecule has 0 bridgehead atoms. The molecule has 1 aromatic heterocycles. The predicted molar refractivity (Wildman–Crippen MR) is 202 cm³/mol. The smallest absolute Gasteiger partial charge is 0.132 e. The van der Waals surface area contributed by atoms with E-state index < -0.39 is 5.41 Å². The van der Waals surface area contributed by atoms with Crippen molar-refractivity contribution in [3.63, 3.8) is 0 Å². The van der Waals surface area contributed by atoms with Crippen LogP contribution in [0, 0.1) is 0 Å². The molecule has 10 rings (SSSR count). The van der Waals surface area contributed by atoms with Gasteiger partial charge in [0.2, 0.25) is 0 Å². The topological polar surface area (TPSA) is 14.2 Å². The van der Waals surface area contributed by atoms with Gasteiger partial charge in [-0.1, -0.05) is 152 Å². The Hall–Kier alpha value is -6.38. The van der Waals surface area contributed by atoms with Gasteiger partial charge in [-0.3, -0.25) is 0 Å². The number of aromatic nitrogens is 1. The molecule has 0 aliphatic carbocycles. The van der Waals surface area contributed by atoms with Gasteiger partial charge < -0.3 is 9.30 Å². The minimum Gasteiger partial charge on any atom is -0.457 e. The van der Waals surface area contributed by atoms with Crippen LogP contribution in [-0.4, -0.2) is 4.57 Å². The summed E-state index contributed by atoms with van der Waals surface area (Å²) in [5, 5.41) is 4.96. The minimum atomic E-state index is -0.579. The average Bonchev–Trinajstić information content (AvgIpc) is 3.53. The lowest BCUT2D eigenvalue weighted by molar-refractivity contribution is 0.434. The quantitative estimate of drug-likeness (QED) is 0.190. The Morgan fingerprint density at radius 3 is 1.88 bits per heavy atom. The van der Waals surface area contributed by atoms with Crippen LogP contribution in [0.25, 0.3) is 49.4 Å². The number of fused-ring (bicyclic) bond motifs is 7. The highest BCUT2D eigenvalue weighted by Gasteiger charge is 2.45. The summed E-state index contributed by atoms with van der Waals surface area (Å²) in [5.74, 6) is 1.76. The van der Waals surface area contributed by atoms with Crippen LogP contribution in [0.15, 0.2) is 188 Å². The molecule has 0 saturated heterocycles. The van der Waals surface area contributed by atoms with Crippen molar-refractivity contribution in [3.8, 4) is 28.3 Å². The molecular weight excluding hydrogens is 595 g/mol. The van der Waals surface area contributed by atoms with Gasteiger partial charge in [0.25, 0.3) is 0 Å². The monoisotopic (exact) mass is 625 g/mol. The lowest BCUT2D eigenvalue weighted by Gasteiger charge is -2.41. The number of hydrogen-bond acceptors (Lipinski definition) is 1. The first-order valence-electron chi connectivity index (χ1n) is 16.9. The van der Waals surface area contributed by atoms with Crippen molar-refractivity contribution < 1.29 is 4.74 Å². The first-order chi connectivity index (χ1) is 24.3. The van der Waals surface area contributed by atoms with Gasteiger partial charge in [0, 0.05) is 33.0 Å². The fourth-order valence-electron chi connectivity index (χ4n) is 8.29. The van der Waals surface area contributed by atoms with Crippen LogP contribution < -0.4 is 4.74 Å². The van der Waals surface area contributed by atoms with E-state index in [1.807, 2.05) is 0 Å². The Morgan fingerprint density at radius 1 is 0.449 bits per heavy atom. The molecule has 2 nitrogen and oxygen atoms in total. The van der Waals surface area contributed by atoms with E-state index in [1.165, 1.54) is 49.3 Å². The zero-order chi connectivity index (χ0) is 32.4. The summed E-state index contributed by atoms with van der Waals surface area (Å²) < 4.78 is 9.17. The number of hydrogen-bond donors (Lipinski definition) is 0. The summed E-state index contributed by atoms with van der Waals surface area (Å²) in [6.45, 7) is 0. The molecule has 0 N–H and O–H groups in total. The molecule has 0 spiro atoms. The largest absolute Gasteiger partial charge is 0.457 e. The SMILES string of the molecule is c1ccc(-n2c3cccc(-c4ccc5c(c4)C(c4ccccc4)(c4ccccc4)c4ccccc4O5)c3c3ccc4ccccc4c32)cc1. The van der Waals surface area contributed by atoms with E-state index in [4.69, 9.17) is 4.74 Å². The van der Waals surface area contributed by atoms with Crippen LogP contribution >= 0.6 is 0 Å². The Bertz CT molecular complexity index is 2630. The molecule has 1 aliphatic heterocycles. The standard InChI is InChI=1S/C47H31NO/c1-4-16-34(17-5-1)47(35-18-6-2-7-19-35)40-24-12-13-26-43(40)49-44-30-28-33(31-41(44)47)37-23-14-25-42-45(37)39-29-27-32-15-10-11-22-38(32)46(39)48(42)36-20-8-3-9-21-36/h1-31H. The van der Waals surface area contributed by atoms with Gasteiger partial charge in [-0.25, -0.2) is 0 Å². The van der Waals surface area contributed by atoms with Crippen molar-refractivity contribution in [2.45, 2.75) is 5.41 Å². The fraction of sp³-hybridized carbons (Fsp3) is 0.0213. The summed E-state index contributed by atoms with van der Waals surface area (Å²) in [4.78, 5) is 0. The lowest BCUT2D eigenvalue weighted by atomic mass is 9.63. The molecule has 8 aromatic carbocycles. The highest BCUT2D eigenvalue weighted by atomic mass is 16.5. The maximum absolute atomic E-state index is 6.73. The zero-order valence-corrected chi connectivity index (χ0v) is 26.8. The molecule has 230 valence electrons. The Balaban J connectivity index is 1.31. The van der Waals surface area contributed by atoms with Gasteiger partial charge in [-0.2, -0.15) is 0 Å². The number of nitrogens with zero attached hydrogens (tertiary/aromatic N) is 1. The van der Waals surface area contributed by atoms with Gasteiger partial charge in [-0.15, -0.1) is 0 Å².